The quantitative estimate of drug-likeness (QED) is 0.867. The molecule has 1 aromatic carbocycles. The summed E-state index contributed by atoms with van der Waals surface area (Å²) in [5.41, 5.74) is 2.68. The van der Waals surface area contributed by atoms with E-state index in [-0.39, 0.29) is 0 Å². The molecule has 1 unspecified atom stereocenters. The maximum absolute atomic E-state index is 5.25. The highest BCUT2D eigenvalue weighted by Crippen LogP contribution is 2.26. The summed E-state index contributed by atoms with van der Waals surface area (Å²) in [6.45, 7) is 4.22. The molecule has 0 bridgehead atoms. The molecule has 2 heterocycles. The largest absolute Gasteiger partial charge is 0.497 e. The molecule has 1 aromatic heterocycles. The fourth-order valence-electron chi connectivity index (χ4n) is 3.01. The average molecular weight is 297 g/mol. The van der Waals surface area contributed by atoms with E-state index in [0.29, 0.717) is 6.04 Å². The molecule has 1 aliphatic rings. The molecule has 0 spiro atoms. The molecule has 1 aliphatic heterocycles. The second-order valence-corrected chi connectivity index (χ2v) is 5.86. The van der Waals surface area contributed by atoms with Gasteiger partial charge in [-0.05, 0) is 42.4 Å². The van der Waals surface area contributed by atoms with Gasteiger partial charge in [-0.15, -0.1) is 0 Å². The summed E-state index contributed by atoms with van der Waals surface area (Å²) in [5.74, 6) is 0.913. The van der Waals surface area contributed by atoms with Crippen molar-refractivity contribution in [3.63, 3.8) is 0 Å². The minimum Gasteiger partial charge on any atom is -0.497 e. The Kier molecular flexibility index (Phi) is 4.71. The van der Waals surface area contributed by atoms with E-state index in [4.69, 9.17) is 4.74 Å². The van der Waals surface area contributed by atoms with Gasteiger partial charge in [-0.2, -0.15) is 0 Å². The highest BCUT2D eigenvalue weighted by atomic mass is 16.5. The predicted octanol–water partition coefficient (Wildman–Crippen LogP) is 2.58. The molecule has 2 aromatic rings. The molecule has 0 N–H and O–H groups in total. The summed E-state index contributed by atoms with van der Waals surface area (Å²) < 4.78 is 5.25. The van der Waals surface area contributed by atoms with Gasteiger partial charge in [-0.1, -0.05) is 12.1 Å². The molecule has 0 aliphatic carbocycles. The van der Waals surface area contributed by atoms with E-state index in [9.17, 15) is 0 Å². The molecule has 22 heavy (non-hydrogen) atoms. The van der Waals surface area contributed by atoms with Crippen LogP contribution in [0.1, 0.15) is 17.2 Å². The van der Waals surface area contributed by atoms with Gasteiger partial charge in [-0.25, -0.2) is 0 Å². The molecule has 4 nitrogen and oxygen atoms in total. The number of hydrogen-bond acceptors (Lipinski definition) is 4. The number of aromatic nitrogens is 1. The van der Waals surface area contributed by atoms with Gasteiger partial charge in [0.05, 0.1) is 7.11 Å². The van der Waals surface area contributed by atoms with Gasteiger partial charge in [0.15, 0.2) is 0 Å². The number of likely N-dealkylation sites (N-methyl/N-ethyl adjacent to an activating group) is 1. The van der Waals surface area contributed by atoms with Crippen molar-refractivity contribution in [1.29, 1.82) is 0 Å². The first-order chi connectivity index (χ1) is 10.8. The summed E-state index contributed by atoms with van der Waals surface area (Å²) >= 11 is 0. The molecule has 3 rings (SSSR count). The van der Waals surface area contributed by atoms with Crippen molar-refractivity contribution in [2.75, 3.05) is 33.8 Å². The van der Waals surface area contributed by atoms with Gasteiger partial charge in [0.25, 0.3) is 0 Å². The molecular formula is C18H23N3O. The number of ether oxygens (including phenoxy) is 1. The van der Waals surface area contributed by atoms with E-state index >= 15 is 0 Å². The number of hydrogen-bond donors (Lipinski definition) is 0. The third-order valence-electron chi connectivity index (χ3n) is 4.39. The Bertz CT molecular complexity index is 585. The van der Waals surface area contributed by atoms with Crippen LogP contribution in [0.3, 0.4) is 0 Å². The fraction of sp³-hybridized carbons (Fsp3) is 0.389. The van der Waals surface area contributed by atoms with E-state index in [1.54, 1.807) is 7.11 Å². The maximum atomic E-state index is 5.25. The molecule has 1 saturated heterocycles. The lowest BCUT2D eigenvalue weighted by Crippen LogP contribution is -2.46. The Labute approximate surface area is 132 Å². The van der Waals surface area contributed by atoms with E-state index < -0.39 is 0 Å². The van der Waals surface area contributed by atoms with Gasteiger partial charge < -0.3 is 4.74 Å². The summed E-state index contributed by atoms with van der Waals surface area (Å²) in [7, 11) is 3.91. The van der Waals surface area contributed by atoms with Gasteiger partial charge in [0, 0.05) is 44.6 Å². The highest BCUT2D eigenvalue weighted by Gasteiger charge is 2.25. The number of benzene rings is 1. The van der Waals surface area contributed by atoms with Gasteiger partial charge in [0.1, 0.15) is 5.75 Å². The molecular weight excluding hydrogens is 274 g/mol. The van der Waals surface area contributed by atoms with Crippen LogP contribution < -0.4 is 4.74 Å². The van der Waals surface area contributed by atoms with Crippen LogP contribution in [0.2, 0.25) is 0 Å². The Hall–Kier alpha value is -1.91. The summed E-state index contributed by atoms with van der Waals surface area (Å²) in [4.78, 5) is 9.04. The number of pyridine rings is 1. The third-order valence-corrected chi connectivity index (χ3v) is 4.39. The molecule has 0 radical (unpaired) electrons. The van der Waals surface area contributed by atoms with Crippen LogP contribution in [-0.2, 0) is 6.54 Å². The Balaban J connectivity index is 1.70. The summed E-state index contributed by atoms with van der Waals surface area (Å²) in [5, 5.41) is 0. The number of methoxy groups -OCH3 is 1. The summed E-state index contributed by atoms with van der Waals surface area (Å²) in [6, 6.07) is 13.1. The average Bonchev–Trinajstić information content (AvgIpc) is 2.58. The van der Waals surface area contributed by atoms with Crippen molar-refractivity contribution in [3.8, 4) is 5.75 Å². The van der Waals surface area contributed by atoms with Crippen molar-refractivity contribution in [2.24, 2.45) is 0 Å². The monoisotopic (exact) mass is 297 g/mol. The van der Waals surface area contributed by atoms with Crippen molar-refractivity contribution >= 4 is 0 Å². The van der Waals surface area contributed by atoms with Crippen LogP contribution in [-0.4, -0.2) is 48.6 Å². The van der Waals surface area contributed by atoms with Crippen molar-refractivity contribution in [2.45, 2.75) is 12.6 Å². The van der Waals surface area contributed by atoms with Crippen LogP contribution in [0.15, 0.2) is 48.8 Å². The van der Waals surface area contributed by atoms with E-state index in [1.807, 2.05) is 24.5 Å². The SMILES string of the molecule is COc1ccc(C2CN(Cc3ccncc3)CCN2C)cc1. The molecule has 0 saturated carbocycles. The number of piperazine rings is 1. The zero-order chi connectivity index (χ0) is 15.4. The van der Waals surface area contributed by atoms with Crippen LogP contribution in [0.5, 0.6) is 5.75 Å². The Morgan fingerprint density at radius 1 is 1.09 bits per heavy atom. The van der Waals surface area contributed by atoms with E-state index in [0.717, 1.165) is 31.9 Å². The molecule has 1 fully saturated rings. The molecule has 4 heteroatoms. The third kappa shape index (κ3) is 3.46. The van der Waals surface area contributed by atoms with Crippen molar-refractivity contribution < 1.29 is 4.74 Å². The van der Waals surface area contributed by atoms with Crippen LogP contribution in [0, 0.1) is 0 Å². The minimum absolute atomic E-state index is 0.432. The lowest BCUT2D eigenvalue weighted by atomic mass is 10.0. The second-order valence-electron chi connectivity index (χ2n) is 5.86. The smallest absolute Gasteiger partial charge is 0.118 e. The topological polar surface area (TPSA) is 28.6 Å². The number of nitrogens with zero attached hydrogens (tertiary/aromatic N) is 3. The van der Waals surface area contributed by atoms with Gasteiger partial charge in [0.2, 0.25) is 0 Å². The predicted molar refractivity (Wildman–Crippen MR) is 87.9 cm³/mol. The highest BCUT2D eigenvalue weighted by molar-refractivity contribution is 5.29. The molecule has 1 atom stereocenters. The Morgan fingerprint density at radius 2 is 1.82 bits per heavy atom. The van der Waals surface area contributed by atoms with E-state index in [2.05, 4.69) is 46.1 Å². The van der Waals surface area contributed by atoms with Crippen LogP contribution in [0.25, 0.3) is 0 Å². The van der Waals surface area contributed by atoms with Crippen LogP contribution >= 0.6 is 0 Å². The lowest BCUT2D eigenvalue weighted by molar-refractivity contribution is 0.0904. The summed E-state index contributed by atoms with van der Waals surface area (Å²) in [6.07, 6.45) is 3.73. The zero-order valence-electron chi connectivity index (χ0n) is 13.3. The molecule has 116 valence electrons. The van der Waals surface area contributed by atoms with Gasteiger partial charge in [-0.3, -0.25) is 14.8 Å². The standard InChI is InChI=1S/C18H23N3O/c1-20-11-12-21(13-15-7-9-19-10-8-15)14-18(20)16-3-5-17(22-2)6-4-16/h3-10,18H,11-14H2,1-2H3. The maximum Gasteiger partial charge on any atom is 0.118 e. The number of rotatable bonds is 4. The van der Waals surface area contributed by atoms with Crippen molar-refractivity contribution in [1.82, 2.24) is 14.8 Å². The first-order valence-corrected chi connectivity index (χ1v) is 7.71. The minimum atomic E-state index is 0.432. The Morgan fingerprint density at radius 3 is 2.50 bits per heavy atom. The zero-order valence-corrected chi connectivity index (χ0v) is 13.3. The fourth-order valence-corrected chi connectivity index (χ4v) is 3.01. The van der Waals surface area contributed by atoms with Crippen molar-refractivity contribution in [3.05, 3.63) is 59.9 Å². The van der Waals surface area contributed by atoms with Crippen LogP contribution in [0.4, 0.5) is 0 Å². The normalized spacial score (nSPS) is 20.0. The first-order valence-electron chi connectivity index (χ1n) is 7.71. The lowest BCUT2D eigenvalue weighted by Gasteiger charge is -2.39. The van der Waals surface area contributed by atoms with E-state index in [1.165, 1.54) is 11.1 Å². The first kappa shape index (κ1) is 15.0. The second kappa shape index (κ2) is 6.90. The molecule has 0 amide bonds. The van der Waals surface area contributed by atoms with Gasteiger partial charge >= 0.3 is 0 Å².